The molecule has 6 nitrogen and oxygen atoms in total. The molecule has 6 heteroatoms. The van der Waals surface area contributed by atoms with E-state index in [9.17, 15) is 9.59 Å². The fraction of sp³-hybridized carbons (Fsp3) is 0.667. The first-order chi connectivity index (χ1) is 11.6. The van der Waals surface area contributed by atoms with E-state index in [2.05, 4.69) is 20.9 Å². The Morgan fingerprint density at radius 2 is 1.92 bits per heavy atom. The molecule has 1 fully saturated rings. The van der Waals surface area contributed by atoms with E-state index in [1.54, 1.807) is 0 Å². The number of pyridine rings is 1. The average Bonchev–Trinajstić information content (AvgIpc) is 2.54. The molecule has 0 radical (unpaired) electrons. The van der Waals surface area contributed by atoms with Gasteiger partial charge >= 0.3 is 6.03 Å². The predicted octanol–water partition coefficient (Wildman–Crippen LogP) is 2.10. The highest BCUT2D eigenvalue weighted by Crippen LogP contribution is 2.17. The smallest absolute Gasteiger partial charge is 0.315 e. The molecule has 24 heavy (non-hydrogen) atoms. The number of rotatable bonds is 7. The molecular weight excluding hydrogens is 304 g/mol. The molecule has 1 saturated carbocycles. The van der Waals surface area contributed by atoms with Crippen LogP contribution in [0.2, 0.25) is 0 Å². The Bertz CT molecular complexity index is 591. The second-order valence-electron chi connectivity index (χ2n) is 6.70. The van der Waals surface area contributed by atoms with E-state index in [0.717, 1.165) is 24.2 Å². The van der Waals surface area contributed by atoms with Crippen molar-refractivity contribution in [1.82, 2.24) is 20.9 Å². The highest BCUT2D eigenvalue weighted by Gasteiger charge is 2.12. The minimum Gasteiger partial charge on any atom is -0.338 e. The largest absolute Gasteiger partial charge is 0.338 e. The Hall–Kier alpha value is -1.82. The molecule has 0 aliphatic heterocycles. The molecule has 1 aromatic rings. The summed E-state index contributed by atoms with van der Waals surface area (Å²) in [6.45, 7) is 5.54. The highest BCUT2D eigenvalue weighted by molar-refractivity contribution is 5.73. The fourth-order valence-corrected chi connectivity index (χ4v) is 3.24. The predicted molar refractivity (Wildman–Crippen MR) is 96.3 cm³/mol. The van der Waals surface area contributed by atoms with Gasteiger partial charge in [0, 0.05) is 23.8 Å². The standard InChI is InChI=1S/C18H30N4O2/c1-13-11-14(2)22-17(23)16(13)12-21-18(24)20-10-6-9-19-15-7-4-3-5-8-15/h11,15,19H,3-10,12H2,1-2H3,(H,22,23)(H2,20,21,24). The molecule has 0 saturated heterocycles. The summed E-state index contributed by atoms with van der Waals surface area (Å²) in [7, 11) is 0. The van der Waals surface area contributed by atoms with Gasteiger partial charge in [-0.1, -0.05) is 19.3 Å². The second kappa shape index (κ2) is 9.47. The lowest BCUT2D eigenvalue weighted by atomic mass is 9.95. The zero-order chi connectivity index (χ0) is 17.4. The van der Waals surface area contributed by atoms with E-state index in [0.29, 0.717) is 18.2 Å². The Morgan fingerprint density at radius 1 is 1.17 bits per heavy atom. The van der Waals surface area contributed by atoms with E-state index >= 15 is 0 Å². The number of H-pyrrole nitrogens is 1. The summed E-state index contributed by atoms with van der Waals surface area (Å²) in [6.07, 6.45) is 7.49. The first-order valence-electron chi connectivity index (χ1n) is 9.00. The van der Waals surface area contributed by atoms with Gasteiger partial charge in [-0.25, -0.2) is 4.79 Å². The van der Waals surface area contributed by atoms with Crippen LogP contribution in [-0.4, -0.2) is 30.1 Å². The van der Waals surface area contributed by atoms with Gasteiger partial charge < -0.3 is 20.9 Å². The molecule has 1 heterocycles. The molecule has 2 amide bonds. The average molecular weight is 334 g/mol. The maximum absolute atomic E-state index is 11.9. The number of hydrogen-bond acceptors (Lipinski definition) is 3. The molecule has 0 spiro atoms. The van der Waals surface area contributed by atoms with Crippen LogP contribution in [0.5, 0.6) is 0 Å². The number of urea groups is 1. The quantitative estimate of drug-likeness (QED) is 0.576. The molecule has 0 aromatic carbocycles. The third-order valence-corrected chi connectivity index (χ3v) is 4.60. The van der Waals surface area contributed by atoms with E-state index in [4.69, 9.17) is 0 Å². The van der Waals surface area contributed by atoms with E-state index in [1.807, 2.05) is 19.9 Å². The van der Waals surface area contributed by atoms with Crippen LogP contribution >= 0.6 is 0 Å². The van der Waals surface area contributed by atoms with Crippen LogP contribution in [0.4, 0.5) is 4.79 Å². The van der Waals surface area contributed by atoms with Crippen molar-refractivity contribution >= 4 is 6.03 Å². The number of hydrogen-bond donors (Lipinski definition) is 4. The topological polar surface area (TPSA) is 86.0 Å². The summed E-state index contributed by atoms with van der Waals surface area (Å²) < 4.78 is 0. The summed E-state index contributed by atoms with van der Waals surface area (Å²) in [4.78, 5) is 26.5. The summed E-state index contributed by atoms with van der Waals surface area (Å²) in [5, 5.41) is 9.14. The van der Waals surface area contributed by atoms with Crippen LogP contribution in [0.25, 0.3) is 0 Å². The van der Waals surface area contributed by atoms with Gasteiger partial charge in [-0.15, -0.1) is 0 Å². The Morgan fingerprint density at radius 3 is 2.62 bits per heavy atom. The lowest BCUT2D eigenvalue weighted by Gasteiger charge is -2.22. The van der Waals surface area contributed by atoms with Crippen LogP contribution in [0.15, 0.2) is 10.9 Å². The maximum atomic E-state index is 11.9. The van der Waals surface area contributed by atoms with E-state index < -0.39 is 0 Å². The van der Waals surface area contributed by atoms with Crippen molar-refractivity contribution in [3.05, 3.63) is 33.2 Å². The second-order valence-corrected chi connectivity index (χ2v) is 6.70. The van der Waals surface area contributed by atoms with Gasteiger partial charge in [0.25, 0.3) is 5.56 Å². The summed E-state index contributed by atoms with van der Waals surface area (Å²) in [5.41, 5.74) is 2.20. The van der Waals surface area contributed by atoms with Crippen molar-refractivity contribution in [2.45, 2.75) is 65.0 Å². The molecule has 1 aromatic heterocycles. The van der Waals surface area contributed by atoms with Crippen molar-refractivity contribution in [3.8, 4) is 0 Å². The third-order valence-electron chi connectivity index (χ3n) is 4.60. The number of nitrogens with one attached hydrogen (secondary N) is 4. The number of aromatic nitrogens is 1. The maximum Gasteiger partial charge on any atom is 0.315 e. The van der Waals surface area contributed by atoms with Gasteiger partial charge in [0.05, 0.1) is 6.54 Å². The number of aromatic amines is 1. The van der Waals surface area contributed by atoms with E-state index in [-0.39, 0.29) is 18.1 Å². The molecule has 1 aliphatic rings. The van der Waals surface area contributed by atoms with Crippen LogP contribution in [0.1, 0.15) is 55.3 Å². The molecule has 4 N–H and O–H groups in total. The summed E-state index contributed by atoms with van der Waals surface area (Å²) >= 11 is 0. The Kier molecular flexibility index (Phi) is 7.31. The molecule has 0 bridgehead atoms. The van der Waals surface area contributed by atoms with Gasteiger partial charge in [-0.05, 0) is 51.3 Å². The third kappa shape index (κ3) is 6.00. The fourth-order valence-electron chi connectivity index (χ4n) is 3.24. The van der Waals surface area contributed by atoms with Gasteiger partial charge in [0.15, 0.2) is 0 Å². The van der Waals surface area contributed by atoms with Crippen LogP contribution in [0, 0.1) is 13.8 Å². The number of carbonyl (C=O) groups excluding carboxylic acids is 1. The minimum atomic E-state index is -0.230. The van der Waals surface area contributed by atoms with Gasteiger partial charge in [-0.2, -0.15) is 0 Å². The van der Waals surface area contributed by atoms with Crippen LogP contribution in [0.3, 0.4) is 0 Å². The van der Waals surface area contributed by atoms with E-state index in [1.165, 1.54) is 32.1 Å². The van der Waals surface area contributed by atoms with Crippen molar-refractivity contribution in [2.75, 3.05) is 13.1 Å². The first-order valence-corrected chi connectivity index (χ1v) is 9.00. The van der Waals surface area contributed by atoms with Crippen molar-refractivity contribution in [3.63, 3.8) is 0 Å². The van der Waals surface area contributed by atoms with Crippen LogP contribution in [-0.2, 0) is 6.54 Å². The summed E-state index contributed by atoms with van der Waals surface area (Å²) in [6, 6.07) is 2.34. The molecular formula is C18H30N4O2. The normalized spacial score (nSPS) is 15.2. The van der Waals surface area contributed by atoms with Crippen LogP contribution < -0.4 is 21.5 Å². The summed E-state index contributed by atoms with van der Waals surface area (Å²) in [5.74, 6) is 0. The van der Waals surface area contributed by atoms with Gasteiger partial charge in [0.1, 0.15) is 0 Å². The Labute approximate surface area is 143 Å². The van der Waals surface area contributed by atoms with Crippen molar-refractivity contribution in [2.24, 2.45) is 0 Å². The lowest BCUT2D eigenvalue weighted by Crippen LogP contribution is -2.38. The molecule has 2 rings (SSSR count). The minimum absolute atomic E-state index is 0.135. The van der Waals surface area contributed by atoms with Crippen molar-refractivity contribution in [1.29, 1.82) is 0 Å². The number of amides is 2. The zero-order valence-electron chi connectivity index (χ0n) is 14.8. The van der Waals surface area contributed by atoms with Gasteiger partial charge in [0.2, 0.25) is 0 Å². The lowest BCUT2D eigenvalue weighted by molar-refractivity contribution is 0.240. The number of carbonyl (C=O) groups is 1. The zero-order valence-corrected chi connectivity index (χ0v) is 14.8. The Balaban J connectivity index is 1.61. The molecule has 1 aliphatic carbocycles. The molecule has 0 unspecified atom stereocenters. The monoisotopic (exact) mass is 334 g/mol. The van der Waals surface area contributed by atoms with Gasteiger partial charge in [-0.3, -0.25) is 4.79 Å². The molecule has 134 valence electrons. The highest BCUT2D eigenvalue weighted by atomic mass is 16.2. The number of aryl methyl sites for hydroxylation is 2. The molecule has 0 atom stereocenters. The van der Waals surface area contributed by atoms with Crippen molar-refractivity contribution < 1.29 is 4.79 Å². The SMILES string of the molecule is Cc1cc(C)c(CNC(=O)NCCCNC2CCCCC2)c(=O)[nH]1. The first kappa shape index (κ1) is 18.5.